The summed E-state index contributed by atoms with van der Waals surface area (Å²) in [5, 5.41) is 3.11. The fraction of sp³-hybridized carbons (Fsp3) is 0.600. The van der Waals surface area contributed by atoms with E-state index in [0.717, 1.165) is 25.2 Å². The number of ether oxygens (including phenoxy) is 1. The summed E-state index contributed by atoms with van der Waals surface area (Å²) in [6, 6.07) is 5.13. The van der Waals surface area contributed by atoms with Crippen molar-refractivity contribution in [1.82, 2.24) is 10.2 Å². The Morgan fingerprint density at radius 3 is 2.58 bits per heavy atom. The zero-order chi connectivity index (χ0) is 14.3. The lowest BCUT2D eigenvalue weighted by atomic mass is 10.1. The molecule has 1 aromatic rings. The lowest BCUT2D eigenvalue weighted by molar-refractivity contribution is 0.215. The Morgan fingerprint density at radius 1 is 1.32 bits per heavy atom. The summed E-state index contributed by atoms with van der Waals surface area (Å²) >= 11 is 0. The zero-order valence-corrected chi connectivity index (χ0v) is 12.4. The maximum absolute atomic E-state index is 13.9. The van der Waals surface area contributed by atoms with E-state index in [4.69, 9.17) is 4.74 Å². The van der Waals surface area contributed by atoms with E-state index >= 15 is 0 Å². The zero-order valence-electron chi connectivity index (χ0n) is 12.4. The third-order valence-electron chi connectivity index (χ3n) is 3.45. The summed E-state index contributed by atoms with van der Waals surface area (Å²) in [5.41, 5.74) is 0.863. The van der Waals surface area contributed by atoms with Crippen molar-refractivity contribution < 1.29 is 9.13 Å². The van der Waals surface area contributed by atoms with Crippen LogP contribution in [0.1, 0.15) is 32.4 Å². The van der Waals surface area contributed by atoms with E-state index in [9.17, 15) is 4.39 Å². The van der Waals surface area contributed by atoms with E-state index in [1.807, 2.05) is 20.0 Å². The highest BCUT2D eigenvalue weighted by atomic mass is 19.1. The molecule has 0 radical (unpaired) electrons. The summed E-state index contributed by atoms with van der Waals surface area (Å²) in [4.78, 5) is 2.25. The highest BCUT2D eigenvalue weighted by Gasteiger charge is 2.14. The fourth-order valence-corrected chi connectivity index (χ4v) is 1.99. The van der Waals surface area contributed by atoms with Crippen LogP contribution in [0.2, 0.25) is 0 Å². The molecule has 0 aliphatic heterocycles. The highest BCUT2D eigenvalue weighted by molar-refractivity contribution is 5.37. The number of hydrogen-bond acceptors (Lipinski definition) is 3. The van der Waals surface area contributed by atoms with E-state index in [1.54, 1.807) is 6.07 Å². The maximum atomic E-state index is 13.9. The second kappa shape index (κ2) is 8.12. The van der Waals surface area contributed by atoms with Crippen LogP contribution in [-0.2, 0) is 0 Å². The van der Waals surface area contributed by atoms with Crippen molar-refractivity contribution >= 4 is 0 Å². The molecule has 0 aromatic heterocycles. The van der Waals surface area contributed by atoms with Gasteiger partial charge in [0.15, 0.2) is 11.6 Å². The van der Waals surface area contributed by atoms with Crippen molar-refractivity contribution in [2.45, 2.75) is 26.8 Å². The van der Waals surface area contributed by atoms with E-state index in [1.165, 1.54) is 6.07 Å². The van der Waals surface area contributed by atoms with Crippen molar-refractivity contribution in [3.63, 3.8) is 0 Å². The molecule has 3 nitrogen and oxygen atoms in total. The molecule has 0 fully saturated rings. The van der Waals surface area contributed by atoms with Crippen LogP contribution in [0.4, 0.5) is 4.39 Å². The van der Waals surface area contributed by atoms with Gasteiger partial charge in [0.1, 0.15) is 6.61 Å². The van der Waals surface area contributed by atoms with E-state index in [-0.39, 0.29) is 11.9 Å². The highest BCUT2D eigenvalue weighted by Crippen LogP contribution is 2.27. The molecule has 0 aliphatic carbocycles. The van der Waals surface area contributed by atoms with Gasteiger partial charge in [-0.15, -0.1) is 0 Å². The van der Waals surface area contributed by atoms with Gasteiger partial charge < -0.3 is 15.0 Å². The summed E-state index contributed by atoms with van der Waals surface area (Å²) in [5.74, 6) is 0.0793. The topological polar surface area (TPSA) is 24.5 Å². The first-order chi connectivity index (χ1) is 9.13. The van der Waals surface area contributed by atoms with Gasteiger partial charge in [0.25, 0.3) is 0 Å². The van der Waals surface area contributed by atoms with Gasteiger partial charge in [-0.05, 0) is 33.1 Å². The van der Waals surface area contributed by atoms with Crippen LogP contribution < -0.4 is 10.1 Å². The Bertz CT molecular complexity index is 380. The molecule has 0 aliphatic rings. The number of para-hydroxylation sites is 1. The molecule has 0 heterocycles. The number of benzene rings is 1. The van der Waals surface area contributed by atoms with Gasteiger partial charge in [0.2, 0.25) is 0 Å². The molecule has 0 amide bonds. The van der Waals surface area contributed by atoms with Gasteiger partial charge in [-0.1, -0.05) is 26.0 Å². The molecule has 1 aromatic carbocycles. The Labute approximate surface area is 115 Å². The standard InChI is InChI=1S/C15H25FN2O/c1-5-18(6-2)10-11-19-15-13(12(3)17-4)8-7-9-14(15)16/h7-9,12,17H,5-6,10-11H2,1-4H3. The normalized spacial score (nSPS) is 12.7. The summed E-state index contributed by atoms with van der Waals surface area (Å²) in [6.45, 7) is 9.50. The van der Waals surface area contributed by atoms with Crippen molar-refractivity contribution in [1.29, 1.82) is 0 Å². The van der Waals surface area contributed by atoms with Crippen molar-refractivity contribution in [2.24, 2.45) is 0 Å². The third kappa shape index (κ3) is 4.48. The summed E-state index contributed by atoms with van der Waals surface area (Å²) in [6.07, 6.45) is 0. The monoisotopic (exact) mass is 268 g/mol. The molecule has 1 atom stereocenters. The van der Waals surface area contributed by atoms with Crippen molar-refractivity contribution in [3.8, 4) is 5.75 Å². The molecule has 4 heteroatoms. The molecule has 1 rings (SSSR count). The number of halogens is 1. The lowest BCUT2D eigenvalue weighted by Gasteiger charge is -2.20. The van der Waals surface area contributed by atoms with Crippen LogP contribution in [0.5, 0.6) is 5.75 Å². The largest absolute Gasteiger partial charge is 0.489 e. The van der Waals surface area contributed by atoms with Crippen LogP contribution in [0, 0.1) is 5.82 Å². The maximum Gasteiger partial charge on any atom is 0.165 e. The molecular weight excluding hydrogens is 243 g/mol. The summed E-state index contributed by atoms with van der Waals surface area (Å²) in [7, 11) is 1.86. The Kier molecular flexibility index (Phi) is 6.81. The number of hydrogen-bond donors (Lipinski definition) is 1. The van der Waals surface area contributed by atoms with Crippen molar-refractivity contribution in [2.75, 3.05) is 33.3 Å². The first kappa shape index (κ1) is 15.9. The number of nitrogens with one attached hydrogen (secondary N) is 1. The van der Waals surface area contributed by atoms with Gasteiger partial charge in [-0.2, -0.15) is 0 Å². The fourth-order valence-electron chi connectivity index (χ4n) is 1.99. The van der Waals surface area contributed by atoms with E-state index in [0.29, 0.717) is 12.4 Å². The molecule has 0 saturated carbocycles. The Balaban J connectivity index is 2.71. The summed E-state index contributed by atoms with van der Waals surface area (Å²) < 4.78 is 19.5. The molecule has 1 N–H and O–H groups in total. The second-order valence-electron chi connectivity index (χ2n) is 4.54. The predicted molar refractivity (Wildman–Crippen MR) is 77.2 cm³/mol. The second-order valence-corrected chi connectivity index (χ2v) is 4.54. The van der Waals surface area contributed by atoms with Gasteiger partial charge in [-0.25, -0.2) is 4.39 Å². The van der Waals surface area contributed by atoms with Crippen molar-refractivity contribution in [3.05, 3.63) is 29.6 Å². The minimum Gasteiger partial charge on any atom is -0.489 e. The minimum atomic E-state index is -0.292. The molecule has 0 saturated heterocycles. The average molecular weight is 268 g/mol. The number of rotatable bonds is 8. The molecule has 1 unspecified atom stereocenters. The van der Waals surface area contributed by atoms with Crippen LogP contribution in [0.15, 0.2) is 18.2 Å². The van der Waals surface area contributed by atoms with Crippen LogP contribution in [0.25, 0.3) is 0 Å². The number of nitrogens with zero attached hydrogens (tertiary/aromatic N) is 1. The van der Waals surface area contributed by atoms with E-state index < -0.39 is 0 Å². The quantitative estimate of drug-likeness (QED) is 0.784. The molecule has 19 heavy (non-hydrogen) atoms. The number of likely N-dealkylation sites (N-methyl/N-ethyl adjacent to an activating group) is 1. The first-order valence-corrected chi connectivity index (χ1v) is 6.94. The smallest absolute Gasteiger partial charge is 0.165 e. The molecule has 0 bridgehead atoms. The van der Waals surface area contributed by atoms with Crippen LogP contribution in [0.3, 0.4) is 0 Å². The van der Waals surface area contributed by atoms with E-state index in [2.05, 4.69) is 24.1 Å². The molecule has 108 valence electrons. The predicted octanol–water partition coefficient (Wildman–Crippen LogP) is 2.83. The Hall–Kier alpha value is -1.13. The Morgan fingerprint density at radius 2 is 2.00 bits per heavy atom. The minimum absolute atomic E-state index is 0.0687. The SMILES string of the molecule is CCN(CC)CCOc1c(F)cccc1C(C)NC. The first-order valence-electron chi connectivity index (χ1n) is 6.94. The lowest BCUT2D eigenvalue weighted by Crippen LogP contribution is -2.28. The average Bonchev–Trinajstić information content (AvgIpc) is 2.44. The van der Waals surface area contributed by atoms with Gasteiger partial charge in [0.05, 0.1) is 0 Å². The molecule has 0 spiro atoms. The van der Waals surface area contributed by atoms with Gasteiger partial charge in [0, 0.05) is 18.2 Å². The third-order valence-corrected chi connectivity index (χ3v) is 3.45. The van der Waals surface area contributed by atoms with Gasteiger partial charge in [-0.3, -0.25) is 0 Å². The van der Waals surface area contributed by atoms with Crippen LogP contribution in [-0.4, -0.2) is 38.2 Å². The van der Waals surface area contributed by atoms with Gasteiger partial charge >= 0.3 is 0 Å². The molecular formula is C15H25FN2O. The van der Waals surface area contributed by atoms with Crippen LogP contribution >= 0.6 is 0 Å².